The van der Waals surface area contributed by atoms with Gasteiger partial charge in [0.1, 0.15) is 29.6 Å². The lowest BCUT2D eigenvalue weighted by molar-refractivity contribution is 0.0815. The molecule has 3 aromatic heterocycles. The van der Waals surface area contributed by atoms with Gasteiger partial charge in [0.05, 0.1) is 23.2 Å². The number of H-pyrrole nitrogens is 3. The maximum absolute atomic E-state index is 13.2. The number of imidazole rings is 1. The molecule has 1 aromatic carbocycles. The topological polar surface area (TPSA) is 134 Å². The summed E-state index contributed by atoms with van der Waals surface area (Å²) in [6.45, 7) is 1.52. The third-order valence-corrected chi connectivity index (χ3v) is 7.66. The van der Waals surface area contributed by atoms with E-state index in [2.05, 4.69) is 25.9 Å². The summed E-state index contributed by atoms with van der Waals surface area (Å²) in [5.41, 5.74) is 3.53. The predicted octanol–water partition coefficient (Wildman–Crippen LogP) is 3.96. The van der Waals surface area contributed by atoms with E-state index in [1.54, 1.807) is 6.20 Å². The Labute approximate surface area is 216 Å². The number of aromatic amines is 3. The zero-order valence-electron chi connectivity index (χ0n) is 20.7. The van der Waals surface area contributed by atoms with Crippen LogP contribution in [0.5, 0.6) is 5.75 Å². The second-order valence-electron chi connectivity index (χ2n) is 10.1. The smallest absolute Gasteiger partial charge is 0.272 e. The second-order valence-corrected chi connectivity index (χ2v) is 10.1. The van der Waals surface area contributed by atoms with Crippen molar-refractivity contribution in [2.24, 2.45) is 0 Å². The molecule has 0 unspecified atom stereocenters. The Morgan fingerprint density at radius 3 is 2.66 bits per heavy atom. The summed E-state index contributed by atoms with van der Waals surface area (Å²) in [5, 5.41) is 19.7. The van der Waals surface area contributed by atoms with Gasteiger partial charge in [0.15, 0.2) is 5.75 Å². The Hall–Kier alpha value is -3.75. The molecule has 0 amide bonds. The van der Waals surface area contributed by atoms with E-state index in [0.29, 0.717) is 39.8 Å². The quantitative estimate of drug-likeness (QED) is 0.277. The number of hydrogen-bond donors (Lipinski definition) is 4. The lowest BCUT2D eigenvalue weighted by Gasteiger charge is -2.32. The van der Waals surface area contributed by atoms with Gasteiger partial charge in [0, 0.05) is 29.7 Å². The van der Waals surface area contributed by atoms with Crippen molar-refractivity contribution in [1.29, 1.82) is 5.26 Å². The van der Waals surface area contributed by atoms with Gasteiger partial charge in [-0.05, 0) is 56.3 Å². The zero-order chi connectivity index (χ0) is 26.4. The molecule has 1 saturated carbocycles. The van der Waals surface area contributed by atoms with Gasteiger partial charge in [-0.3, -0.25) is 4.79 Å². The van der Waals surface area contributed by atoms with Crippen molar-refractivity contribution >= 4 is 21.9 Å². The first-order valence-corrected chi connectivity index (χ1v) is 12.9. The number of nitrogens with zero attached hydrogens (tertiary/aromatic N) is 3. The molecular weight excluding hydrogens is 494 g/mol. The van der Waals surface area contributed by atoms with E-state index < -0.39 is 13.0 Å². The highest BCUT2D eigenvalue weighted by Gasteiger charge is 2.31. The largest absolute Gasteiger partial charge is 0.485 e. The van der Waals surface area contributed by atoms with Crippen LogP contribution in [0.25, 0.3) is 33.3 Å². The highest BCUT2D eigenvalue weighted by atomic mass is 19.3. The number of benzene rings is 1. The molecule has 0 radical (unpaired) electrons. The molecule has 1 aliphatic heterocycles. The van der Waals surface area contributed by atoms with Crippen molar-refractivity contribution in [2.75, 3.05) is 32.8 Å². The number of fused-ring (bicyclic) bond motifs is 2. The molecule has 11 heteroatoms. The fourth-order valence-corrected chi connectivity index (χ4v) is 5.64. The molecule has 0 spiro atoms. The minimum atomic E-state index is -2.65. The molecule has 38 heavy (non-hydrogen) atoms. The number of piperidine rings is 1. The van der Waals surface area contributed by atoms with Crippen LogP contribution in [-0.4, -0.2) is 69.2 Å². The SMILES string of the molecule is N#Cc1c(C2CC2)[nH]c2c(-c3nc4c(OCC(F)F)c(C5CCN(CCO)CC5)ccc4[nH]3)c(=O)[nH]cc12. The van der Waals surface area contributed by atoms with E-state index in [1.165, 1.54) is 0 Å². The first-order valence-electron chi connectivity index (χ1n) is 12.9. The molecule has 0 atom stereocenters. The fraction of sp³-hybridized carbons (Fsp3) is 0.444. The van der Waals surface area contributed by atoms with Crippen molar-refractivity contribution in [3.8, 4) is 23.2 Å². The maximum atomic E-state index is 13.2. The van der Waals surface area contributed by atoms with Crippen LogP contribution in [0.4, 0.5) is 8.78 Å². The molecular formula is C27H28F2N6O3. The average Bonchev–Trinajstić information content (AvgIpc) is 3.56. The average molecular weight is 523 g/mol. The molecule has 2 aliphatic rings. The molecule has 2 fully saturated rings. The van der Waals surface area contributed by atoms with Crippen LogP contribution in [0, 0.1) is 11.3 Å². The number of aromatic nitrogens is 4. The van der Waals surface area contributed by atoms with Crippen LogP contribution in [-0.2, 0) is 0 Å². The van der Waals surface area contributed by atoms with Crippen molar-refractivity contribution < 1.29 is 18.6 Å². The predicted molar refractivity (Wildman–Crippen MR) is 138 cm³/mol. The second kappa shape index (κ2) is 9.85. The number of nitrogens with one attached hydrogen (secondary N) is 3. The zero-order valence-corrected chi connectivity index (χ0v) is 20.7. The first kappa shape index (κ1) is 24.6. The molecule has 0 bridgehead atoms. The number of aliphatic hydroxyl groups is 1. The van der Waals surface area contributed by atoms with Crippen LogP contribution >= 0.6 is 0 Å². The number of pyridine rings is 1. The number of likely N-dealkylation sites (tertiary alicyclic amines) is 1. The molecule has 4 heterocycles. The number of rotatable bonds is 8. The van der Waals surface area contributed by atoms with Gasteiger partial charge in [-0.1, -0.05) is 6.07 Å². The van der Waals surface area contributed by atoms with E-state index in [1.807, 2.05) is 12.1 Å². The van der Waals surface area contributed by atoms with E-state index >= 15 is 0 Å². The molecule has 1 aliphatic carbocycles. The van der Waals surface area contributed by atoms with E-state index in [-0.39, 0.29) is 35.4 Å². The molecule has 198 valence electrons. The Balaban J connectivity index is 1.46. The number of halogens is 2. The highest BCUT2D eigenvalue weighted by molar-refractivity contribution is 5.98. The minimum absolute atomic E-state index is 0.0942. The third-order valence-electron chi connectivity index (χ3n) is 7.66. The summed E-state index contributed by atoms with van der Waals surface area (Å²) < 4.78 is 32.1. The number of β-amino-alcohol motifs (C(OH)–C–C–N with tert-alkyl or cyclic N) is 1. The van der Waals surface area contributed by atoms with E-state index in [9.17, 15) is 23.9 Å². The van der Waals surface area contributed by atoms with Crippen molar-refractivity contribution in [3.05, 3.63) is 45.5 Å². The van der Waals surface area contributed by atoms with Crippen LogP contribution in [0.15, 0.2) is 23.1 Å². The standard InChI is InChI=1S/C27H28F2N6O3/c28-20(29)13-38-25-16(14-5-7-35(8-6-14)9-10-36)3-4-19-24(25)34-26(32-19)21-23-18(12-31-27(21)37)17(11-30)22(33-23)15-1-2-15/h3-4,12,14-15,20,33,36H,1-2,5-10,13H2,(H,31,37)(H,32,34). The van der Waals surface area contributed by atoms with E-state index in [4.69, 9.17) is 9.72 Å². The molecule has 9 nitrogen and oxygen atoms in total. The molecule has 6 rings (SSSR count). The minimum Gasteiger partial charge on any atom is -0.485 e. The number of hydrogen-bond acceptors (Lipinski definition) is 6. The third kappa shape index (κ3) is 4.33. The number of aliphatic hydroxyl groups excluding tert-OH is 1. The lowest BCUT2D eigenvalue weighted by Crippen LogP contribution is -2.35. The summed E-state index contributed by atoms with van der Waals surface area (Å²) in [4.78, 5) is 29.1. The first-order chi connectivity index (χ1) is 18.5. The fourth-order valence-electron chi connectivity index (χ4n) is 5.64. The normalized spacial score (nSPS) is 17.0. The van der Waals surface area contributed by atoms with Crippen LogP contribution < -0.4 is 10.3 Å². The van der Waals surface area contributed by atoms with Crippen LogP contribution in [0.1, 0.15) is 54.3 Å². The summed E-state index contributed by atoms with van der Waals surface area (Å²) in [6.07, 6.45) is 2.48. The summed E-state index contributed by atoms with van der Waals surface area (Å²) >= 11 is 0. The Bertz CT molecular complexity index is 1590. The van der Waals surface area contributed by atoms with Crippen LogP contribution in [0.2, 0.25) is 0 Å². The monoisotopic (exact) mass is 522 g/mol. The van der Waals surface area contributed by atoms with Gasteiger partial charge in [0.2, 0.25) is 0 Å². The number of alkyl halides is 2. The molecule has 4 N–H and O–H groups in total. The van der Waals surface area contributed by atoms with Gasteiger partial charge in [-0.25, -0.2) is 13.8 Å². The van der Waals surface area contributed by atoms with Crippen molar-refractivity contribution in [3.63, 3.8) is 0 Å². The lowest BCUT2D eigenvalue weighted by atomic mass is 9.88. The Morgan fingerprint density at radius 1 is 1.18 bits per heavy atom. The Kier molecular flexibility index (Phi) is 6.37. The van der Waals surface area contributed by atoms with Gasteiger partial charge in [-0.2, -0.15) is 5.26 Å². The van der Waals surface area contributed by atoms with Gasteiger partial charge >= 0.3 is 0 Å². The summed E-state index contributed by atoms with van der Waals surface area (Å²) in [5.74, 6) is 0.946. The summed E-state index contributed by atoms with van der Waals surface area (Å²) in [6, 6.07) is 5.99. The Morgan fingerprint density at radius 2 is 1.97 bits per heavy atom. The van der Waals surface area contributed by atoms with Crippen molar-refractivity contribution in [2.45, 2.75) is 43.9 Å². The number of nitriles is 1. The number of ether oxygens (including phenoxy) is 1. The van der Waals surface area contributed by atoms with E-state index in [0.717, 1.165) is 50.0 Å². The van der Waals surface area contributed by atoms with Crippen LogP contribution in [0.3, 0.4) is 0 Å². The van der Waals surface area contributed by atoms with Gasteiger partial charge in [0.25, 0.3) is 12.0 Å². The van der Waals surface area contributed by atoms with Crippen molar-refractivity contribution in [1.82, 2.24) is 24.8 Å². The highest BCUT2D eigenvalue weighted by Crippen LogP contribution is 2.44. The summed E-state index contributed by atoms with van der Waals surface area (Å²) in [7, 11) is 0. The maximum Gasteiger partial charge on any atom is 0.272 e. The molecule has 1 saturated heterocycles. The van der Waals surface area contributed by atoms with Gasteiger partial charge in [-0.15, -0.1) is 0 Å². The molecule has 4 aromatic rings. The van der Waals surface area contributed by atoms with Gasteiger partial charge < -0.3 is 29.7 Å².